The summed E-state index contributed by atoms with van der Waals surface area (Å²) >= 11 is 1.82. The predicted octanol–water partition coefficient (Wildman–Crippen LogP) is 2.32. The lowest BCUT2D eigenvalue weighted by molar-refractivity contribution is 1.36. The lowest BCUT2D eigenvalue weighted by atomic mass is 10.7. The number of hydrogen-bond acceptors (Lipinski definition) is 2. The number of allylic oxidation sites excluding steroid dienone is 1. The van der Waals surface area contributed by atoms with E-state index in [4.69, 9.17) is 0 Å². The van der Waals surface area contributed by atoms with E-state index in [1.165, 1.54) is 0 Å². The van der Waals surface area contributed by atoms with E-state index in [0.29, 0.717) is 0 Å². The molecule has 0 aliphatic heterocycles. The maximum Gasteiger partial charge on any atom is 0.111 e. The van der Waals surface area contributed by atoms with E-state index >= 15 is 0 Å². The molecular weight excluding hydrogens is 191 g/mol. The monoisotopic (exact) mass is 196 g/mol. The van der Waals surface area contributed by atoms with Crippen LogP contribution in [-0.2, 0) is 0 Å². The van der Waals surface area contributed by atoms with Crippen molar-refractivity contribution in [2.45, 2.75) is 6.92 Å². The van der Waals surface area contributed by atoms with Crippen LogP contribution in [0.3, 0.4) is 0 Å². The average Bonchev–Trinajstić information content (AvgIpc) is 1.61. The molecule has 0 rings (SSSR count). The molecule has 0 aromatic heterocycles. The summed E-state index contributed by atoms with van der Waals surface area (Å²) < 4.78 is 3.43. The van der Waals surface area contributed by atoms with Gasteiger partial charge in [-0.15, -0.1) is 3.33 Å². The van der Waals surface area contributed by atoms with Crippen LogP contribution in [0.5, 0.6) is 0 Å². The standard InChI is InChI=1S/C3H5IN2/c1-2-3-5-6-4/h2-3H,1H3/b3-2-,6-5-. The average molecular weight is 196 g/mol. The molecule has 0 radical (unpaired) electrons. The first-order chi connectivity index (χ1) is 2.91. The van der Waals surface area contributed by atoms with Crippen molar-refractivity contribution in [1.82, 2.24) is 0 Å². The Hall–Kier alpha value is 0.0700. The SMILES string of the molecule is C/C=C\N=N/I. The largest absolute Gasteiger partial charge is 0.154 e. The number of halogens is 1. The molecule has 0 amide bonds. The zero-order chi connectivity index (χ0) is 4.83. The van der Waals surface area contributed by atoms with Gasteiger partial charge in [0.15, 0.2) is 0 Å². The fourth-order valence-corrected chi connectivity index (χ4v) is 0.236. The van der Waals surface area contributed by atoms with Crippen LogP contribution in [0.25, 0.3) is 0 Å². The van der Waals surface area contributed by atoms with Crippen LogP contribution in [0, 0.1) is 0 Å². The lowest BCUT2D eigenvalue weighted by Crippen LogP contribution is -1.36. The molecule has 0 fully saturated rings. The summed E-state index contributed by atoms with van der Waals surface area (Å²) in [5, 5.41) is 3.52. The zero-order valence-corrected chi connectivity index (χ0v) is 5.58. The van der Waals surface area contributed by atoms with Crippen LogP contribution in [-0.4, -0.2) is 0 Å². The van der Waals surface area contributed by atoms with Gasteiger partial charge in [-0.1, -0.05) is 6.08 Å². The van der Waals surface area contributed by atoms with E-state index in [1.54, 1.807) is 6.20 Å². The highest BCUT2D eigenvalue weighted by atomic mass is 127. The van der Waals surface area contributed by atoms with Gasteiger partial charge in [0, 0.05) is 6.20 Å². The van der Waals surface area contributed by atoms with Crippen molar-refractivity contribution in [3.05, 3.63) is 12.3 Å². The first kappa shape index (κ1) is 6.07. The number of rotatable bonds is 1. The Morgan fingerprint density at radius 2 is 2.33 bits per heavy atom. The van der Waals surface area contributed by atoms with E-state index in [2.05, 4.69) is 8.44 Å². The third kappa shape index (κ3) is 4.07. The molecule has 0 aliphatic carbocycles. The van der Waals surface area contributed by atoms with Crippen LogP contribution in [0.15, 0.2) is 20.7 Å². The Labute approximate surface area is 50.8 Å². The fourth-order valence-electron chi connectivity index (χ4n) is 0.0919. The third-order valence-electron chi connectivity index (χ3n) is 0.259. The highest BCUT2D eigenvalue weighted by Gasteiger charge is 1.50. The summed E-state index contributed by atoms with van der Waals surface area (Å²) in [5.74, 6) is 0. The smallest absolute Gasteiger partial charge is 0.111 e. The molecule has 3 heteroatoms. The second kappa shape index (κ2) is 5.07. The van der Waals surface area contributed by atoms with Gasteiger partial charge in [-0.3, -0.25) is 0 Å². The fraction of sp³-hybridized carbons (Fsp3) is 0.333. The molecule has 0 N–H and O–H groups in total. The van der Waals surface area contributed by atoms with Crippen LogP contribution >= 0.6 is 22.9 Å². The minimum absolute atomic E-state index is 1.63. The van der Waals surface area contributed by atoms with E-state index in [0.717, 1.165) is 0 Å². The Balaban J connectivity index is 3.07. The van der Waals surface area contributed by atoms with Gasteiger partial charge in [0.2, 0.25) is 0 Å². The van der Waals surface area contributed by atoms with E-state index in [-0.39, 0.29) is 0 Å². The quantitative estimate of drug-likeness (QED) is 0.454. The van der Waals surface area contributed by atoms with Gasteiger partial charge in [0.1, 0.15) is 22.9 Å². The summed E-state index contributed by atoms with van der Waals surface area (Å²) in [6.07, 6.45) is 3.45. The first-order valence-electron chi connectivity index (χ1n) is 1.54. The van der Waals surface area contributed by atoms with Crippen molar-refractivity contribution in [3.63, 3.8) is 0 Å². The van der Waals surface area contributed by atoms with Crippen LogP contribution in [0.4, 0.5) is 0 Å². The maximum atomic E-state index is 3.52. The summed E-state index contributed by atoms with van der Waals surface area (Å²) in [6, 6.07) is 0. The molecule has 6 heavy (non-hydrogen) atoms. The summed E-state index contributed by atoms with van der Waals surface area (Å²) in [6.45, 7) is 1.89. The highest BCUT2D eigenvalue weighted by molar-refractivity contribution is 14.1. The van der Waals surface area contributed by atoms with Gasteiger partial charge in [-0.2, -0.15) is 5.11 Å². The topological polar surface area (TPSA) is 24.7 Å². The van der Waals surface area contributed by atoms with Gasteiger partial charge in [-0.25, -0.2) is 0 Å². The van der Waals surface area contributed by atoms with Gasteiger partial charge < -0.3 is 0 Å². The van der Waals surface area contributed by atoms with Crippen molar-refractivity contribution in [2.24, 2.45) is 8.44 Å². The van der Waals surface area contributed by atoms with Crippen molar-refractivity contribution in [3.8, 4) is 0 Å². The Morgan fingerprint density at radius 1 is 1.67 bits per heavy atom. The molecule has 0 saturated heterocycles. The molecule has 0 unspecified atom stereocenters. The molecule has 2 nitrogen and oxygen atoms in total. The molecule has 0 aliphatic rings. The van der Waals surface area contributed by atoms with Crippen LogP contribution < -0.4 is 0 Å². The molecule has 0 saturated carbocycles. The van der Waals surface area contributed by atoms with Crippen molar-refractivity contribution in [2.75, 3.05) is 0 Å². The molecule has 34 valence electrons. The second-order valence-corrected chi connectivity index (χ2v) is 1.10. The molecule has 0 aromatic rings. The molecule has 0 heterocycles. The minimum Gasteiger partial charge on any atom is -0.154 e. The van der Waals surface area contributed by atoms with Crippen LogP contribution in [0.1, 0.15) is 6.92 Å². The summed E-state index contributed by atoms with van der Waals surface area (Å²) in [5.41, 5.74) is 0. The minimum atomic E-state index is 1.63. The van der Waals surface area contributed by atoms with Crippen molar-refractivity contribution < 1.29 is 0 Å². The number of nitrogens with zero attached hydrogens (tertiary/aromatic N) is 2. The zero-order valence-electron chi connectivity index (χ0n) is 3.43. The molecule has 0 spiro atoms. The van der Waals surface area contributed by atoms with E-state index < -0.39 is 0 Å². The van der Waals surface area contributed by atoms with Gasteiger partial charge in [-0.05, 0) is 6.92 Å². The molecule has 0 atom stereocenters. The Bertz CT molecular complexity index is 57.2. The lowest BCUT2D eigenvalue weighted by Gasteiger charge is -1.61. The van der Waals surface area contributed by atoms with Gasteiger partial charge in [0.25, 0.3) is 0 Å². The van der Waals surface area contributed by atoms with Crippen LogP contribution in [0.2, 0.25) is 0 Å². The molecular formula is C3H5IN2. The summed E-state index contributed by atoms with van der Waals surface area (Å²) in [4.78, 5) is 0. The van der Waals surface area contributed by atoms with E-state index in [9.17, 15) is 0 Å². The van der Waals surface area contributed by atoms with Gasteiger partial charge >= 0.3 is 0 Å². The molecule has 0 bridgehead atoms. The number of hydrogen-bond donors (Lipinski definition) is 0. The third-order valence-corrected chi connectivity index (χ3v) is 0.509. The first-order valence-corrected chi connectivity index (χ1v) is 2.50. The van der Waals surface area contributed by atoms with Gasteiger partial charge in [0.05, 0.1) is 0 Å². The van der Waals surface area contributed by atoms with E-state index in [1.807, 2.05) is 35.9 Å². The normalized spacial score (nSPS) is 11.7. The Kier molecular flexibility index (Phi) is 5.13. The second-order valence-electron chi connectivity index (χ2n) is 0.673. The maximum absolute atomic E-state index is 3.52. The Morgan fingerprint density at radius 3 is 2.50 bits per heavy atom. The molecule has 0 aromatic carbocycles. The van der Waals surface area contributed by atoms with Crippen molar-refractivity contribution >= 4 is 22.9 Å². The predicted molar refractivity (Wildman–Crippen MR) is 33.7 cm³/mol. The van der Waals surface area contributed by atoms with Crippen molar-refractivity contribution in [1.29, 1.82) is 0 Å². The highest BCUT2D eigenvalue weighted by Crippen LogP contribution is 1.84. The summed E-state index contributed by atoms with van der Waals surface area (Å²) in [7, 11) is 0.